The zero-order chi connectivity index (χ0) is 21.6. The molecule has 0 N–H and O–H groups in total. The SMILES string of the molecule is C1=CC2c3ccccc3[CH-]C2CC1.CC=CC=CC.C[N-]C.C[N-]C.C[N-]C.[Ti+4]. The number of nitrogens with zero attached hydrogens (tertiary/aromatic N) is 3. The number of hydrogen-bond donors (Lipinski definition) is 0. The van der Waals surface area contributed by atoms with Gasteiger partial charge in [-0.2, -0.15) is 60.3 Å². The molecule has 0 heterocycles. The van der Waals surface area contributed by atoms with Gasteiger partial charge in [-0.1, -0.05) is 54.9 Å². The number of rotatable bonds is 1. The van der Waals surface area contributed by atoms with E-state index in [-0.39, 0.29) is 21.7 Å². The molecule has 0 spiro atoms. The second-order valence-corrected chi connectivity index (χ2v) is 6.38. The fraction of sp³-hybridized carbons (Fsp3) is 0.480. The van der Waals surface area contributed by atoms with Gasteiger partial charge in [0.2, 0.25) is 0 Å². The predicted molar refractivity (Wildman–Crippen MR) is 130 cm³/mol. The molecule has 2 aliphatic carbocycles. The molecule has 2 atom stereocenters. The standard InChI is InChI=1S/C13H13.C6H10.3C2H6N.Ti/c1-3-7-12-10(5-1)9-11-6-2-4-8-13(11)12;1-3-5-6-4-2;3*1-3-2;/h1,3-5,7-9,11,13H,2,6H2;3-6H,1-2H3;3*1-2H3;/q-1;;3*-1;+4. The van der Waals surface area contributed by atoms with Crippen molar-refractivity contribution in [3.8, 4) is 0 Å². The molecule has 0 aliphatic heterocycles. The second-order valence-electron chi connectivity index (χ2n) is 6.38. The van der Waals surface area contributed by atoms with Crippen molar-refractivity contribution in [1.82, 2.24) is 0 Å². The van der Waals surface area contributed by atoms with Gasteiger partial charge in [0.25, 0.3) is 0 Å². The van der Waals surface area contributed by atoms with Gasteiger partial charge < -0.3 is 16.0 Å². The van der Waals surface area contributed by atoms with Crippen LogP contribution in [0.5, 0.6) is 0 Å². The Bertz CT molecular complexity index is 524. The van der Waals surface area contributed by atoms with Crippen LogP contribution in [0.1, 0.15) is 43.7 Å². The Labute approximate surface area is 196 Å². The smallest absolute Gasteiger partial charge is 0.668 e. The summed E-state index contributed by atoms with van der Waals surface area (Å²) in [5.41, 5.74) is 2.99. The molecule has 3 nitrogen and oxygen atoms in total. The van der Waals surface area contributed by atoms with Crippen LogP contribution in [-0.2, 0) is 21.7 Å². The Balaban J connectivity index is -0.000000360. The van der Waals surface area contributed by atoms with E-state index >= 15 is 0 Å². The molecule has 4 heteroatoms. The molecule has 0 bridgehead atoms. The minimum atomic E-state index is 0. The Kier molecular flexibility index (Phi) is 28.0. The van der Waals surface area contributed by atoms with Crippen molar-refractivity contribution in [2.75, 3.05) is 42.3 Å². The number of allylic oxidation sites excluding steroid dienone is 6. The van der Waals surface area contributed by atoms with E-state index in [1.807, 2.05) is 38.2 Å². The third kappa shape index (κ3) is 16.4. The van der Waals surface area contributed by atoms with Crippen molar-refractivity contribution in [3.05, 3.63) is 94.2 Å². The fourth-order valence-electron chi connectivity index (χ4n) is 2.79. The van der Waals surface area contributed by atoms with Gasteiger partial charge in [-0.25, -0.2) is 0 Å². The predicted octanol–water partition coefficient (Wildman–Crippen LogP) is 7.30. The summed E-state index contributed by atoms with van der Waals surface area (Å²) in [6, 6.07) is 8.79. The van der Waals surface area contributed by atoms with Gasteiger partial charge in [-0.05, 0) is 26.2 Å². The average Bonchev–Trinajstić information content (AvgIpc) is 3.07. The number of fused-ring (bicyclic) bond motifs is 3. The Morgan fingerprint density at radius 3 is 1.83 bits per heavy atom. The van der Waals surface area contributed by atoms with Crippen LogP contribution in [0.4, 0.5) is 0 Å². The summed E-state index contributed by atoms with van der Waals surface area (Å²) in [5.74, 6) is 1.47. The van der Waals surface area contributed by atoms with E-state index in [1.54, 1.807) is 42.3 Å². The van der Waals surface area contributed by atoms with Crippen LogP contribution in [-0.4, -0.2) is 42.3 Å². The first-order chi connectivity index (χ1) is 13.6. The van der Waals surface area contributed by atoms with Crippen molar-refractivity contribution in [2.45, 2.75) is 32.6 Å². The summed E-state index contributed by atoms with van der Waals surface area (Å²) >= 11 is 0. The Hall–Kier alpha value is -1.10. The molecule has 1 aromatic carbocycles. The van der Waals surface area contributed by atoms with Gasteiger partial charge in [0.1, 0.15) is 0 Å². The molecular formula is C25H41N3Ti. The van der Waals surface area contributed by atoms with Gasteiger partial charge in [0, 0.05) is 0 Å². The molecule has 29 heavy (non-hydrogen) atoms. The van der Waals surface area contributed by atoms with E-state index in [9.17, 15) is 0 Å². The van der Waals surface area contributed by atoms with Crippen LogP contribution in [0.2, 0.25) is 0 Å². The topological polar surface area (TPSA) is 42.3 Å². The first kappa shape index (κ1) is 32.6. The molecule has 0 saturated carbocycles. The van der Waals surface area contributed by atoms with E-state index in [4.69, 9.17) is 0 Å². The van der Waals surface area contributed by atoms with Crippen LogP contribution < -0.4 is 0 Å². The van der Waals surface area contributed by atoms with Gasteiger partial charge in [0.05, 0.1) is 0 Å². The number of hydrogen-bond acceptors (Lipinski definition) is 0. The van der Waals surface area contributed by atoms with E-state index in [0.717, 1.165) is 5.92 Å². The molecule has 2 unspecified atom stereocenters. The normalized spacial score (nSPS) is 17.4. The van der Waals surface area contributed by atoms with Crippen LogP contribution in [0.3, 0.4) is 0 Å². The average molecular weight is 431 g/mol. The molecule has 3 rings (SSSR count). The van der Waals surface area contributed by atoms with Crippen LogP contribution in [0, 0.1) is 12.3 Å². The Morgan fingerprint density at radius 2 is 1.34 bits per heavy atom. The van der Waals surface area contributed by atoms with Crippen molar-refractivity contribution >= 4 is 0 Å². The van der Waals surface area contributed by atoms with Gasteiger partial charge in [0.15, 0.2) is 0 Å². The van der Waals surface area contributed by atoms with Crippen molar-refractivity contribution in [3.63, 3.8) is 0 Å². The fourth-order valence-corrected chi connectivity index (χ4v) is 2.79. The van der Waals surface area contributed by atoms with Gasteiger partial charge in [-0.3, -0.25) is 0 Å². The first-order valence-corrected chi connectivity index (χ1v) is 9.89. The number of benzene rings is 1. The molecule has 0 aromatic heterocycles. The van der Waals surface area contributed by atoms with E-state index in [2.05, 4.69) is 58.8 Å². The Morgan fingerprint density at radius 1 is 0.862 bits per heavy atom. The largest absolute Gasteiger partial charge is 4.00 e. The molecule has 0 fully saturated rings. The van der Waals surface area contributed by atoms with E-state index in [0.29, 0.717) is 5.92 Å². The minimum absolute atomic E-state index is 0. The van der Waals surface area contributed by atoms with Gasteiger partial charge in [-0.15, -0.1) is 17.7 Å². The molecular weight excluding hydrogens is 390 g/mol. The molecule has 0 amide bonds. The van der Waals surface area contributed by atoms with Gasteiger partial charge >= 0.3 is 21.7 Å². The summed E-state index contributed by atoms with van der Waals surface area (Å²) in [5, 5.41) is 10.5. The third-order valence-corrected chi connectivity index (χ3v) is 3.72. The zero-order valence-corrected chi connectivity index (χ0v) is 21.3. The third-order valence-electron chi connectivity index (χ3n) is 3.72. The first-order valence-electron chi connectivity index (χ1n) is 9.89. The van der Waals surface area contributed by atoms with Crippen LogP contribution in [0.15, 0.2) is 60.7 Å². The maximum absolute atomic E-state index is 3.50. The molecule has 160 valence electrons. The monoisotopic (exact) mass is 431 g/mol. The van der Waals surface area contributed by atoms with E-state index < -0.39 is 0 Å². The molecule has 0 saturated heterocycles. The summed E-state index contributed by atoms with van der Waals surface area (Å²) < 4.78 is 0. The summed E-state index contributed by atoms with van der Waals surface area (Å²) in [4.78, 5) is 0. The summed E-state index contributed by atoms with van der Waals surface area (Å²) in [7, 11) is 10.5. The quantitative estimate of drug-likeness (QED) is 0.194. The van der Waals surface area contributed by atoms with Crippen LogP contribution >= 0.6 is 0 Å². The molecule has 2 aliphatic rings. The summed E-state index contributed by atoms with van der Waals surface area (Å²) in [6.45, 7) is 4.00. The minimum Gasteiger partial charge on any atom is -0.668 e. The molecule has 0 radical (unpaired) electrons. The van der Waals surface area contributed by atoms with Crippen molar-refractivity contribution < 1.29 is 21.7 Å². The zero-order valence-electron chi connectivity index (χ0n) is 19.8. The van der Waals surface area contributed by atoms with Crippen molar-refractivity contribution in [1.29, 1.82) is 0 Å². The second kappa shape index (κ2) is 24.9. The maximum atomic E-state index is 3.50. The maximum Gasteiger partial charge on any atom is 4.00 e. The van der Waals surface area contributed by atoms with Crippen LogP contribution in [0.25, 0.3) is 16.0 Å². The summed E-state index contributed by atoms with van der Waals surface area (Å²) in [6.07, 6.45) is 17.7. The molecule has 1 aromatic rings. The van der Waals surface area contributed by atoms with Crippen molar-refractivity contribution in [2.24, 2.45) is 5.92 Å². The van der Waals surface area contributed by atoms with E-state index in [1.165, 1.54) is 24.0 Å².